The Morgan fingerprint density at radius 3 is 3.07 bits per heavy atom. The van der Waals surface area contributed by atoms with E-state index in [4.69, 9.17) is 6.42 Å². The highest BCUT2D eigenvalue weighted by Gasteiger charge is 2.43. The van der Waals surface area contributed by atoms with E-state index < -0.39 is 0 Å². The number of fused-ring (bicyclic) bond motifs is 1. The Balaban J connectivity index is 2.49. The summed E-state index contributed by atoms with van der Waals surface area (Å²) in [7, 11) is 0. The summed E-state index contributed by atoms with van der Waals surface area (Å²) in [6.07, 6.45) is 17.6. The quantitative estimate of drug-likeness (QED) is 0.562. The fraction of sp³-hybridized carbons (Fsp3) is 0.600. The average Bonchev–Trinajstić information content (AvgIpc) is 2.28. The highest BCUT2D eigenvalue weighted by atomic mass is 14.5. The van der Waals surface area contributed by atoms with Crippen molar-refractivity contribution in [2.75, 3.05) is 0 Å². The van der Waals surface area contributed by atoms with Crippen LogP contribution in [0, 0.1) is 29.6 Å². The van der Waals surface area contributed by atoms with Crippen molar-refractivity contribution in [3.8, 4) is 12.3 Å². The predicted molar refractivity (Wildman–Crippen MR) is 65.3 cm³/mol. The second kappa shape index (κ2) is 3.89. The summed E-state index contributed by atoms with van der Waals surface area (Å²) in [6, 6.07) is 0. The molecule has 0 spiro atoms. The van der Waals surface area contributed by atoms with Crippen LogP contribution < -0.4 is 0 Å². The molecule has 0 N–H and O–H groups in total. The van der Waals surface area contributed by atoms with Gasteiger partial charge in [-0.05, 0) is 36.7 Å². The van der Waals surface area contributed by atoms with Crippen molar-refractivity contribution in [2.45, 2.75) is 39.5 Å². The molecule has 2 aliphatic carbocycles. The molecule has 0 amide bonds. The third-order valence-electron chi connectivity index (χ3n) is 4.20. The Hall–Kier alpha value is -0.960. The van der Waals surface area contributed by atoms with Gasteiger partial charge in [-0.3, -0.25) is 0 Å². The van der Waals surface area contributed by atoms with Gasteiger partial charge >= 0.3 is 0 Å². The fourth-order valence-corrected chi connectivity index (χ4v) is 3.40. The lowest BCUT2D eigenvalue weighted by Crippen LogP contribution is -2.38. The number of allylic oxidation sites excluding steroid dienone is 4. The number of hydrogen-bond acceptors (Lipinski definition) is 0. The second-order valence-electron chi connectivity index (χ2n) is 4.90. The largest absolute Gasteiger partial charge is 0.119 e. The van der Waals surface area contributed by atoms with E-state index >= 15 is 0 Å². The molecule has 3 atom stereocenters. The molecule has 80 valence electrons. The van der Waals surface area contributed by atoms with E-state index in [-0.39, 0.29) is 5.41 Å². The van der Waals surface area contributed by atoms with E-state index in [9.17, 15) is 0 Å². The van der Waals surface area contributed by atoms with Gasteiger partial charge in [0.2, 0.25) is 0 Å². The van der Waals surface area contributed by atoms with Crippen LogP contribution in [0.3, 0.4) is 0 Å². The summed E-state index contributed by atoms with van der Waals surface area (Å²) in [6.45, 7) is 4.57. The van der Waals surface area contributed by atoms with Crippen LogP contribution in [0.15, 0.2) is 23.8 Å². The molecule has 0 nitrogen and oxygen atoms in total. The van der Waals surface area contributed by atoms with E-state index in [2.05, 4.69) is 38.0 Å². The van der Waals surface area contributed by atoms with E-state index in [1.165, 1.54) is 31.3 Å². The SMILES string of the molecule is C#CC12CCCC=C1C=CC(C)C2CC. The van der Waals surface area contributed by atoms with Crippen molar-refractivity contribution in [1.29, 1.82) is 0 Å². The van der Waals surface area contributed by atoms with Gasteiger partial charge in [0.1, 0.15) is 0 Å². The normalized spacial score (nSPS) is 39.1. The van der Waals surface area contributed by atoms with Gasteiger partial charge in [-0.1, -0.05) is 44.4 Å². The van der Waals surface area contributed by atoms with Crippen molar-refractivity contribution in [3.05, 3.63) is 23.8 Å². The van der Waals surface area contributed by atoms with Gasteiger partial charge in [0.25, 0.3) is 0 Å². The smallest absolute Gasteiger partial charge is 0.0590 e. The maximum absolute atomic E-state index is 5.85. The molecule has 0 heterocycles. The zero-order chi connectivity index (χ0) is 10.9. The lowest BCUT2D eigenvalue weighted by Gasteiger charge is -2.45. The zero-order valence-electron chi connectivity index (χ0n) is 9.79. The van der Waals surface area contributed by atoms with Crippen LogP contribution in [0.2, 0.25) is 0 Å². The first-order valence-electron chi connectivity index (χ1n) is 6.11. The van der Waals surface area contributed by atoms with Gasteiger partial charge < -0.3 is 0 Å². The monoisotopic (exact) mass is 200 g/mol. The molecule has 0 saturated heterocycles. The lowest BCUT2D eigenvalue weighted by molar-refractivity contribution is 0.199. The predicted octanol–water partition coefficient (Wildman–Crippen LogP) is 3.95. The first-order valence-corrected chi connectivity index (χ1v) is 6.11. The summed E-state index contributed by atoms with van der Waals surface area (Å²) in [4.78, 5) is 0. The summed E-state index contributed by atoms with van der Waals surface area (Å²) in [5, 5.41) is 0. The van der Waals surface area contributed by atoms with Crippen LogP contribution in [-0.4, -0.2) is 0 Å². The molecule has 0 bridgehead atoms. The highest BCUT2D eigenvalue weighted by molar-refractivity contribution is 5.41. The van der Waals surface area contributed by atoms with Crippen molar-refractivity contribution in [2.24, 2.45) is 17.3 Å². The molecule has 0 saturated carbocycles. The number of terminal acetylenes is 1. The molecule has 3 unspecified atom stereocenters. The molecule has 0 heteroatoms. The van der Waals surface area contributed by atoms with Crippen LogP contribution in [0.25, 0.3) is 0 Å². The maximum atomic E-state index is 5.85. The standard InChI is InChI=1S/C15H20/c1-4-14-12(3)9-10-13-8-6-7-11-15(13,14)5-2/h2,8-10,12,14H,4,6-7,11H2,1,3H3. The Labute approximate surface area is 93.5 Å². The summed E-state index contributed by atoms with van der Waals surface area (Å²) >= 11 is 0. The van der Waals surface area contributed by atoms with Crippen molar-refractivity contribution in [1.82, 2.24) is 0 Å². The molecule has 0 aromatic rings. The minimum absolute atomic E-state index is 0.0567. The van der Waals surface area contributed by atoms with Crippen molar-refractivity contribution < 1.29 is 0 Å². The summed E-state index contributed by atoms with van der Waals surface area (Å²) < 4.78 is 0. The van der Waals surface area contributed by atoms with Crippen LogP contribution in [-0.2, 0) is 0 Å². The van der Waals surface area contributed by atoms with Crippen molar-refractivity contribution >= 4 is 0 Å². The van der Waals surface area contributed by atoms with Crippen LogP contribution in [0.1, 0.15) is 39.5 Å². The van der Waals surface area contributed by atoms with Gasteiger partial charge in [0, 0.05) is 0 Å². The zero-order valence-corrected chi connectivity index (χ0v) is 9.79. The molecule has 0 aliphatic heterocycles. The van der Waals surface area contributed by atoms with Gasteiger partial charge in [-0.15, -0.1) is 6.42 Å². The molecular formula is C15H20. The van der Waals surface area contributed by atoms with E-state index in [0.717, 1.165) is 0 Å². The van der Waals surface area contributed by atoms with E-state index in [1.54, 1.807) is 0 Å². The first-order chi connectivity index (χ1) is 7.24. The highest BCUT2D eigenvalue weighted by Crippen LogP contribution is 2.51. The van der Waals surface area contributed by atoms with Crippen LogP contribution in [0.4, 0.5) is 0 Å². The number of rotatable bonds is 1. The number of hydrogen-bond donors (Lipinski definition) is 0. The van der Waals surface area contributed by atoms with Crippen LogP contribution in [0.5, 0.6) is 0 Å². The Bertz CT molecular complexity index is 340. The first kappa shape index (κ1) is 10.6. The summed E-state index contributed by atoms with van der Waals surface area (Å²) in [5.41, 5.74) is 1.47. The topological polar surface area (TPSA) is 0 Å². The van der Waals surface area contributed by atoms with Gasteiger partial charge in [0.05, 0.1) is 5.41 Å². The van der Waals surface area contributed by atoms with Crippen LogP contribution >= 0.6 is 0 Å². The molecule has 0 fully saturated rings. The molecule has 2 aliphatic rings. The minimum Gasteiger partial charge on any atom is -0.119 e. The Morgan fingerprint density at radius 2 is 2.40 bits per heavy atom. The van der Waals surface area contributed by atoms with Gasteiger partial charge in [-0.25, -0.2) is 0 Å². The van der Waals surface area contributed by atoms with Gasteiger partial charge in [0.15, 0.2) is 0 Å². The molecule has 15 heavy (non-hydrogen) atoms. The molecule has 0 radical (unpaired) electrons. The maximum Gasteiger partial charge on any atom is 0.0590 e. The average molecular weight is 200 g/mol. The van der Waals surface area contributed by atoms with Crippen molar-refractivity contribution in [3.63, 3.8) is 0 Å². The molecular weight excluding hydrogens is 180 g/mol. The third kappa shape index (κ3) is 1.46. The van der Waals surface area contributed by atoms with Gasteiger partial charge in [-0.2, -0.15) is 0 Å². The second-order valence-corrected chi connectivity index (χ2v) is 4.90. The van der Waals surface area contributed by atoms with E-state index in [1.807, 2.05) is 0 Å². The fourth-order valence-electron chi connectivity index (χ4n) is 3.40. The Kier molecular flexibility index (Phi) is 2.74. The molecule has 0 aromatic carbocycles. The minimum atomic E-state index is 0.0567. The molecule has 0 aromatic heterocycles. The third-order valence-corrected chi connectivity index (χ3v) is 4.20. The Morgan fingerprint density at radius 1 is 1.60 bits per heavy atom. The summed E-state index contributed by atoms with van der Waals surface area (Å²) in [5.74, 6) is 4.40. The van der Waals surface area contributed by atoms with E-state index in [0.29, 0.717) is 11.8 Å². The lowest BCUT2D eigenvalue weighted by atomic mass is 9.58. The molecule has 2 rings (SSSR count).